The van der Waals surface area contributed by atoms with E-state index in [4.69, 9.17) is 5.11 Å². The zero-order valence-electron chi connectivity index (χ0n) is 11.0. The lowest BCUT2D eigenvalue weighted by molar-refractivity contribution is -0.117. The summed E-state index contributed by atoms with van der Waals surface area (Å²) >= 11 is 0. The molecule has 0 bridgehead atoms. The number of aliphatic hydroxyl groups is 1. The van der Waals surface area contributed by atoms with Crippen LogP contribution in [0.5, 0.6) is 0 Å². The van der Waals surface area contributed by atoms with Gasteiger partial charge in [0, 0.05) is 18.4 Å². The molecule has 0 unspecified atom stereocenters. The van der Waals surface area contributed by atoms with Gasteiger partial charge in [-0.2, -0.15) is 0 Å². The van der Waals surface area contributed by atoms with Gasteiger partial charge in [0.15, 0.2) is 0 Å². The summed E-state index contributed by atoms with van der Waals surface area (Å²) in [7, 11) is 0. The summed E-state index contributed by atoms with van der Waals surface area (Å²) in [5, 5.41) is 11.7. The Hall–Kier alpha value is -1.79. The Morgan fingerprint density at radius 2 is 2.16 bits per heavy atom. The van der Waals surface area contributed by atoms with Gasteiger partial charge in [-0.1, -0.05) is 30.4 Å². The highest BCUT2D eigenvalue weighted by atomic mass is 16.2. The van der Waals surface area contributed by atoms with E-state index in [-0.39, 0.29) is 12.5 Å². The van der Waals surface area contributed by atoms with Crippen molar-refractivity contribution in [2.45, 2.75) is 32.1 Å². The van der Waals surface area contributed by atoms with Crippen LogP contribution in [0, 0.1) is 17.8 Å². The van der Waals surface area contributed by atoms with E-state index >= 15 is 0 Å². The smallest absolute Gasteiger partial charge is 0.224 e. The van der Waals surface area contributed by atoms with Gasteiger partial charge in [-0.3, -0.25) is 4.79 Å². The van der Waals surface area contributed by atoms with E-state index in [1.165, 1.54) is 19.3 Å². The zero-order chi connectivity index (χ0) is 13.5. The zero-order valence-corrected chi connectivity index (χ0v) is 11.0. The van der Waals surface area contributed by atoms with Crippen molar-refractivity contribution in [3.05, 3.63) is 29.8 Å². The van der Waals surface area contributed by atoms with Crippen molar-refractivity contribution in [3.8, 4) is 11.8 Å². The van der Waals surface area contributed by atoms with Crippen LogP contribution >= 0.6 is 0 Å². The molecule has 1 aromatic rings. The summed E-state index contributed by atoms with van der Waals surface area (Å²) in [6.07, 6.45) is 4.65. The molecule has 0 atom stereocenters. The average molecular weight is 257 g/mol. The van der Waals surface area contributed by atoms with E-state index in [9.17, 15) is 4.79 Å². The van der Waals surface area contributed by atoms with Gasteiger partial charge in [0.05, 0.1) is 12.3 Å². The first-order valence-electron chi connectivity index (χ1n) is 6.78. The minimum absolute atomic E-state index is 0.0587. The van der Waals surface area contributed by atoms with Crippen LogP contribution in [-0.4, -0.2) is 17.6 Å². The Balaban J connectivity index is 1.98. The number of para-hydroxylation sites is 1. The Bertz CT molecular complexity index is 495. The van der Waals surface area contributed by atoms with Crippen molar-refractivity contribution in [2.24, 2.45) is 5.92 Å². The molecule has 1 saturated carbocycles. The summed E-state index contributed by atoms with van der Waals surface area (Å²) in [4.78, 5) is 11.9. The first-order valence-corrected chi connectivity index (χ1v) is 6.78. The Morgan fingerprint density at radius 3 is 2.84 bits per heavy atom. The van der Waals surface area contributed by atoms with E-state index in [0.29, 0.717) is 18.8 Å². The van der Waals surface area contributed by atoms with E-state index in [1.807, 2.05) is 24.3 Å². The molecule has 0 radical (unpaired) electrons. The van der Waals surface area contributed by atoms with Crippen LogP contribution in [0.25, 0.3) is 0 Å². The number of hydrogen-bond donors (Lipinski definition) is 2. The average Bonchev–Trinajstić information content (AvgIpc) is 2.36. The van der Waals surface area contributed by atoms with E-state index in [2.05, 4.69) is 17.2 Å². The molecular weight excluding hydrogens is 238 g/mol. The first kappa shape index (κ1) is 13.6. The highest BCUT2D eigenvalue weighted by Gasteiger charge is 2.20. The monoisotopic (exact) mass is 257 g/mol. The number of carbonyl (C=O) groups is 1. The third-order valence-corrected chi connectivity index (χ3v) is 3.36. The fraction of sp³-hybridized carbons (Fsp3) is 0.438. The Labute approximate surface area is 114 Å². The van der Waals surface area contributed by atoms with E-state index in [1.54, 1.807) is 0 Å². The molecule has 100 valence electrons. The SMILES string of the molecule is O=C(CC1CCC1)Nc1ccccc1C#CCCO. The third-order valence-electron chi connectivity index (χ3n) is 3.36. The molecule has 0 heterocycles. The number of hydrogen-bond acceptors (Lipinski definition) is 2. The number of benzene rings is 1. The number of rotatable bonds is 4. The topological polar surface area (TPSA) is 49.3 Å². The summed E-state index contributed by atoms with van der Waals surface area (Å²) in [6, 6.07) is 7.52. The van der Waals surface area contributed by atoms with Crippen molar-refractivity contribution >= 4 is 11.6 Å². The lowest BCUT2D eigenvalue weighted by Crippen LogP contribution is -2.21. The minimum Gasteiger partial charge on any atom is -0.395 e. The van der Waals surface area contributed by atoms with Crippen LogP contribution in [0.2, 0.25) is 0 Å². The molecule has 2 N–H and O–H groups in total. The molecule has 2 rings (SSSR count). The van der Waals surface area contributed by atoms with Gasteiger partial charge in [0.1, 0.15) is 0 Å². The molecule has 3 nitrogen and oxygen atoms in total. The molecule has 1 amide bonds. The maximum absolute atomic E-state index is 11.9. The molecule has 19 heavy (non-hydrogen) atoms. The molecule has 0 aliphatic heterocycles. The summed E-state index contributed by atoms with van der Waals surface area (Å²) < 4.78 is 0. The quantitative estimate of drug-likeness (QED) is 0.814. The molecular formula is C16H19NO2. The molecule has 1 aliphatic rings. The molecule has 0 spiro atoms. The van der Waals surface area contributed by atoms with Crippen molar-refractivity contribution < 1.29 is 9.90 Å². The van der Waals surface area contributed by atoms with Gasteiger partial charge >= 0.3 is 0 Å². The van der Waals surface area contributed by atoms with Crippen molar-refractivity contribution in [3.63, 3.8) is 0 Å². The first-order chi connectivity index (χ1) is 9.29. The van der Waals surface area contributed by atoms with E-state index in [0.717, 1.165) is 11.3 Å². The van der Waals surface area contributed by atoms with Crippen LogP contribution in [0.3, 0.4) is 0 Å². The molecule has 1 aliphatic carbocycles. The van der Waals surface area contributed by atoms with Gasteiger partial charge < -0.3 is 10.4 Å². The third kappa shape index (κ3) is 4.11. The van der Waals surface area contributed by atoms with Crippen LogP contribution in [0.4, 0.5) is 5.69 Å². The standard InChI is InChI=1S/C16H19NO2/c18-11-4-3-9-14-8-1-2-10-15(14)17-16(19)12-13-6-5-7-13/h1-2,8,10,13,18H,4-7,11-12H2,(H,17,19). The van der Waals surface area contributed by atoms with Crippen molar-refractivity contribution in [1.82, 2.24) is 0 Å². The van der Waals surface area contributed by atoms with Crippen molar-refractivity contribution in [1.29, 1.82) is 0 Å². The maximum Gasteiger partial charge on any atom is 0.224 e. The number of carbonyl (C=O) groups excluding carboxylic acids is 1. The molecule has 0 aromatic heterocycles. The highest BCUT2D eigenvalue weighted by molar-refractivity contribution is 5.92. The summed E-state index contributed by atoms with van der Waals surface area (Å²) in [5.41, 5.74) is 1.56. The second kappa shape index (κ2) is 6.96. The number of anilines is 1. The van der Waals surface area contributed by atoms with Gasteiger partial charge in [0.2, 0.25) is 5.91 Å². The second-order valence-corrected chi connectivity index (χ2v) is 4.87. The molecule has 1 fully saturated rings. The fourth-order valence-electron chi connectivity index (χ4n) is 2.08. The maximum atomic E-state index is 11.9. The van der Waals surface area contributed by atoms with Gasteiger partial charge in [-0.25, -0.2) is 0 Å². The number of aliphatic hydroxyl groups excluding tert-OH is 1. The summed E-state index contributed by atoms with van der Waals surface area (Å²) in [6.45, 7) is 0.0587. The molecule has 1 aromatic carbocycles. The molecule has 3 heteroatoms. The van der Waals surface area contributed by atoms with Gasteiger partial charge in [0.25, 0.3) is 0 Å². The predicted molar refractivity (Wildman–Crippen MR) is 75.6 cm³/mol. The van der Waals surface area contributed by atoms with Crippen LogP contribution in [0.15, 0.2) is 24.3 Å². The van der Waals surface area contributed by atoms with E-state index < -0.39 is 0 Å². The van der Waals surface area contributed by atoms with Gasteiger partial charge in [-0.15, -0.1) is 0 Å². The van der Waals surface area contributed by atoms with Crippen molar-refractivity contribution in [2.75, 3.05) is 11.9 Å². The van der Waals surface area contributed by atoms with Crippen LogP contribution < -0.4 is 5.32 Å². The number of amides is 1. The lowest BCUT2D eigenvalue weighted by Gasteiger charge is -2.24. The summed E-state index contributed by atoms with van der Waals surface area (Å²) in [5.74, 6) is 6.49. The number of nitrogens with one attached hydrogen (secondary N) is 1. The lowest BCUT2D eigenvalue weighted by atomic mass is 9.83. The Morgan fingerprint density at radius 1 is 1.37 bits per heavy atom. The second-order valence-electron chi connectivity index (χ2n) is 4.87. The molecule has 0 saturated heterocycles. The fourth-order valence-corrected chi connectivity index (χ4v) is 2.08. The van der Waals surface area contributed by atoms with Gasteiger partial charge in [-0.05, 0) is 30.9 Å². The Kier molecular flexibility index (Phi) is 5.00. The van der Waals surface area contributed by atoms with Crippen LogP contribution in [0.1, 0.15) is 37.7 Å². The predicted octanol–water partition coefficient (Wildman–Crippen LogP) is 2.55. The van der Waals surface area contributed by atoms with Crippen LogP contribution in [-0.2, 0) is 4.79 Å². The highest BCUT2D eigenvalue weighted by Crippen LogP contribution is 2.29. The normalized spacial score (nSPS) is 14.2. The largest absolute Gasteiger partial charge is 0.395 e. The minimum atomic E-state index is 0.0587.